The highest BCUT2D eigenvalue weighted by atomic mass is 16.4. The van der Waals surface area contributed by atoms with Crippen LogP contribution in [0.5, 0.6) is 0 Å². The molecule has 0 amide bonds. The molecule has 4 aliphatic carbocycles. The van der Waals surface area contributed by atoms with Gasteiger partial charge >= 0.3 is 5.97 Å². The van der Waals surface area contributed by atoms with E-state index in [9.17, 15) is 9.90 Å². The summed E-state index contributed by atoms with van der Waals surface area (Å²) in [5.74, 6) is 0.989. The minimum absolute atomic E-state index is 0.195. The van der Waals surface area contributed by atoms with Crippen LogP contribution in [0, 0.1) is 17.3 Å². The minimum Gasteiger partial charge on any atom is -0.478 e. The standard InChI is InChI=1S/C12H16O3.C11H19N/c1-2-3-8-11(13)9-6-4-5-7-10(9)12(14)15;1-10-3-8-2-9(4-10)6-11(12,5-8)7-10/h4-7,11,13H,2-3,8H2,1H3,(H,14,15);8-9H,2-7,12H2,1H3. The predicted molar refractivity (Wildman–Crippen MR) is 108 cm³/mol. The molecule has 0 radical (unpaired) electrons. The number of carboxylic acid groups (broad SMARTS) is 1. The van der Waals surface area contributed by atoms with Crippen LogP contribution in [0.15, 0.2) is 24.3 Å². The van der Waals surface area contributed by atoms with Gasteiger partial charge < -0.3 is 15.9 Å². The first-order valence-corrected chi connectivity index (χ1v) is 10.5. The van der Waals surface area contributed by atoms with Crippen molar-refractivity contribution in [3.8, 4) is 0 Å². The second-order valence-electron chi connectivity index (χ2n) is 9.68. The van der Waals surface area contributed by atoms with Crippen LogP contribution in [0.2, 0.25) is 0 Å². The molecule has 4 nitrogen and oxygen atoms in total. The van der Waals surface area contributed by atoms with Crippen LogP contribution in [0.3, 0.4) is 0 Å². The topological polar surface area (TPSA) is 83.5 Å². The average molecular weight is 374 g/mol. The number of aliphatic hydroxyl groups excluding tert-OH is 1. The SMILES string of the molecule is CC12CC3CC(C1)CC(N)(C3)C2.CCCCC(O)c1ccccc1C(=O)O. The Hall–Kier alpha value is -1.39. The maximum absolute atomic E-state index is 10.9. The fourth-order valence-electron chi connectivity index (χ4n) is 6.33. The van der Waals surface area contributed by atoms with Crippen LogP contribution in [0.4, 0.5) is 0 Å². The van der Waals surface area contributed by atoms with Crippen molar-refractivity contribution in [3.63, 3.8) is 0 Å². The second-order valence-corrected chi connectivity index (χ2v) is 9.68. The Balaban J connectivity index is 0.000000158. The van der Waals surface area contributed by atoms with E-state index in [0.29, 0.717) is 17.4 Å². The fourth-order valence-corrected chi connectivity index (χ4v) is 6.33. The molecule has 3 atom stereocenters. The smallest absolute Gasteiger partial charge is 0.336 e. The summed E-state index contributed by atoms with van der Waals surface area (Å²) in [6.45, 7) is 4.50. The van der Waals surface area contributed by atoms with Crippen molar-refractivity contribution in [2.24, 2.45) is 23.0 Å². The number of hydrogen-bond donors (Lipinski definition) is 3. The summed E-state index contributed by atoms with van der Waals surface area (Å²) in [5.41, 5.74) is 8.01. The largest absolute Gasteiger partial charge is 0.478 e. The molecule has 0 aliphatic heterocycles. The molecule has 0 saturated heterocycles. The third-order valence-corrected chi connectivity index (χ3v) is 6.78. The molecule has 4 saturated carbocycles. The van der Waals surface area contributed by atoms with Crippen molar-refractivity contribution in [1.29, 1.82) is 0 Å². The highest BCUT2D eigenvalue weighted by Crippen LogP contribution is 2.60. The first kappa shape index (κ1) is 20.3. The van der Waals surface area contributed by atoms with Crippen LogP contribution in [-0.4, -0.2) is 21.7 Å². The molecule has 4 heteroatoms. The zero-order valence-electron chi connectivity index (χ0n) is 16.8. The quantitative estimate of drug-likeness (QED) is 0.684. The highest BCUT2D eigenvalue weighted by molar-refractivity contribution is 5.89. The van der Waals surface area contributed by atoms with Gasteiger partial charge in [-0.25, -0.2) is 4.79 Å². The van der Waals surface area contributed by atoms with Gasteiger partial charge in [-0.3, -0.25) is 0 Å². The summed E-state index contributed by atoms with van der Waals surface area (Å²) >= 11 is 0. The van der Waals surface area contributed by atoms with Gasteiger partial charge in [0.05, 0.1) is 11.7 Å². The number of benzene rings is 1. The Bertz CT molecular complexity index is 637. The van der Waals surface area contributed by atoms with E-state index in [1.54, 1.807) is 18.2 Å². The summed E-state index contributed by atoms with van der Waals surface area (Å²) in [6.07, 6.45) is 10.3. The Morgan fingerprint density at radius 3 is 2.37 bits per heavy atom. The molecule has 150 valence electrons. The Labute approximate surface area is 163 Å². The van der Waals surface area contributed by atoms with E-state index in [0.717, 1.165) is 24.7 Å². The monoisotopic (exact) mass is 373 g/mol. The predicted octanol–water partition coefficient (Wildman–Crippen LogP) is 4.91. The van der Waals surface area contributed by atoms with Gasteiger partial charge in [-0.2, -0.15) is 0 Å². The number of carboxylic acids is 1. The molecule has 4 N–H and O–H groups in total. The second kappa shape index (κ2) is 7.92. The Morgan fingerprint density at radius 1 is 1.22 bits per heavy atom. The number of hydrogen-bond acceptors (Lipinski definition) is 3. The first-order valence-electron chi connectivity index (χ1n) is 10.5. The van der Waals surface area contributed by atoms with Crippen LogP contribution >= 0.6 is 0 Å². The molecule has 0 heterocycles. The number of carbonyl (C=O) groups is 1. The lowest BCUT2D eigenvalue weighted by atomic mass is 9.48. The summed E-state index contributed by atoms with van der Waals surface area (Å²) in [5, 5.41) is 18.7. The minimum atomic E-state index is -0.985. The fraction of sp³-hybridized carbons (Fsp3) is 0.696. The summed E-state index contributed by atoms with van der Waals surface area (Å²) in [7, 11) is 0. The molecular weight excluding hydrogens is 338 g/mol. The van der Waals surface area contributed by atoms with Crippen molar-refractivity contribution < 1.29 is 15.0 Å². The first-order chi connectivity index (χ1) is 12.7. The lowest BCUT2D eigenvalue weighted by Gasteiger charge is -2.60. The molecule has 1 aromatic rings. The van der Waals surface area contributed by atoms with Crippen LogP contribution in [0.1, 0.15) is 93.7 Å². The van der Waals surface area contributed by atoms with Gasteiger partial charge in [-0.15, -0.1) is 0 Å². The number of aliphatic hydroxyl groups is 1. The normalized spacial score (nSPS) is 34.7. The molecule has 4 bridgehead atoms. The van der Waals surface area contributed by atoms with E-state index in [1.165, 1.54) is 44.6 Å². The summed E-state index contributed by atoms with van der Waals surface area (Å²) in [4.78, 5) is 10.9. The maximum Gasteiger partial charge on any atom is 0.336 e. The van der Waals surface area contributed by atoms with Crippen molar-refractivity contribution in [3.05, 3.63) is 35.4 Å². The molecule has 4 aliphatic rings. The molecular formula is C23H35NO3. The van der Waals surface area contributed by atoms with E-state index in [1.807, 2.05) is 6.92 Å². The molecule has 0 spiro atoms. The van der Waals surface area contributed by atoms with Crippen molar-refractivity contribution in [1.82, 2.24) is 0 Å². The molecule has 4 fully saturated rings. The van der Waals surface area contributed by atoms with Gasteiger partial charge in [-0.1, -0.05) is 44.9 Å². The van der Waals surface area contributed by atoms with Gasteiger partial charge in [-0.05, 0) is 73.8 Å². The average Bonchev–Trinajstić information content (AvgIpc) is 2.57. The van der Waals surface area contributed by atoms with Gasteiger partial charge in [0.2, 0.25) is 0 Å². The Kier molecular flexibility index (Phi) is 5.97. The zero-order valence-corrected chi connectivity index (χ0v) is 16.8. The van der Waals surface area contributed by atoms with Crippen LogP contribution < -0.4 is 5.73 Å². The molecule has 27 heavy (non-hydrogen) atoms. The van der Waals surface area contributed by atoms with Gasteiger partial charge in [0, 0.05) is 5.54 Å². The van der Waals surface area contributed by atoms with Crippen molar-refractivity contribution >= 4 is 5.97 Å². The van der Waals surface area contributed by atoms with Crippen molar-refractivity contribution in [2.45, 2.75) is 83.3 Å². The zero-order chi connectivity index (χ0) is 19.7. The number of rotatable bonds is 5. The van der Waals surface area contributed by atoms with E-state index in [4.69, 9.17) is 10.8 Å². The van der Waals surface area contributed by atoms with Gasteiger partial charge in [0.15, 0.2) is 0 Å². The van der Waals surface area contributed by atoms with Gasteiger partial charge in [0.1, 0.15) is 0 Å². The number of unbranched alkanes of at least 4 members (excludes halogenated alkanes) is 1. The van der Waals surface area contributed by atoms with Crippen LogP contribution in [-0.2, 0) is 0 Å². The Morgan fingerprint density at radius 2 is 1.85 bits per heavy atom. The number of aromatic carboxylic acids is 1. The maximum atomic E-state index is 10.9. The highest BCUT2D eigenvalue weighted by Gasteiger charge is 2.53. The third-order valence-electron chi connectivity index (χ3n) is 6.78. The van der Waals surface area contributed by atoms with Gasteiger partial charge in [0.25, 0.3) is 0 Å². The van der Waals surface area contributed by atoms with E-state index in [-0.39, 0.29) is 11.1 Å². The number of nitrogens with two attached hydrogens (primary N) is 1. The lowest BCUT2D eigenvalue weighted by Crippen LogP contribution is -2.59. The lowest BCUT2D eigenvalue weighted by molar-refractivity contribution is -0.0563. The van der Waals surface area contributed by atoms with Crippen LogP contribution in [0.25, 0.3) is 0 Å². The molecule has 3 unspecified atom stereocenters. The van der Waals surface area contributed by atoms with E-state index in [2.05, 4.69) is 6.92 Å². The molecule has 0 aromatic heterocycles. The molecule has 5 rings (SSSR count). The molecule has 1 aromatic carbocycles. The summed E-state index contributed by atoms with van der Waals surface area (Å²) in [6, 6.07) is 6.60. The van der Waals surface area contributed by atoms with E-state index < -0.39 is 12.1 Å². The van der Waals surface area contributed by atoms with Crippen molar-refractivity contribution in [2.75, 3.05) is 0 Å². The summed E-state index contributed by atoms with van der Waals surface area (Å²) < 4.78 is 0. The third kappa shape index (κ3) is 4.72. The van der Waals surface area contributed by atoms with E-state index >= 15 is 0 Å².